The number of rotatable bonds is 4. The van der Waals surface area contributed by atoms with Gasteiger partial charge < -0.3 is 10.0 Å². The number of nitrogens with one attached hydrogen (secondary N) is 1. The number of anilines is 1. The molecule has 0 unspecified atom stereocenters. The van der Waals surface area contributed by atoms with Crippen LogP contribution in [-0.4, -0.2) is 39.6 Å². The number of aliphatic hydroxyl groups excluding tert-OH is 1. The summed E-state index contributed by atoms with van der Waals surface area (Å²) in [5, 5.41) is 26.4. The van der Waals surface area contributed by atoms with Crippen LogP contribution in [0.1, 0.15) is 31.4 Å². The number of thiocarbonyl (C=S) groups is 1. The molecule has 1 heterocycles. The number of amidine groups is 1. The zero-order valence-corrected chi connectivity index (χ0v) is 17.8. The fourth-order valence-corrected chi connectivity index (χ4v) is 3.12. The predicted octanol–water partition coefficient (Wildman–Crippen LogP) is 2.92. The molecule has 1 radical (unpaired) electrons. The normalized spacial score (nSPS) is 16.5. The molecule has 10 heteroatoms. The Bertz CT molecular complexity index is 761. The molecular formula is C16H16F3N4OSY-. The Kier molecular flexibility index (Phi) is 7.33. The van der Waals surface area contributed by atoms with Gasteiger partial charge in [-0.3, -0.25) is 10.3 Å². The Labute approximate surface area is 180 Å². The summed E-state index contributed by atoms with van der Waals surface area (Å²) in [5.41, 5.74) is -2.60. The Hall–Kier alpha value is -1.08. The zero-order valence-electron chi connectivity index (χ0n) is 14.2. The summed E-state index contributed by atoms with van der Waals surface area (Å²) in [6.07, 6.45) is -4.33. The molecule has 1 aromatic rings. The van der Waals surface area contributed by atoms with E-state index in [2.05, 4.69) is 6.07 Å². The van der Waals surface area contributed by atoms with Gasteiger partial charge in [-0.1, -0.05) is 5.69 Å². The summed E-state index contributed by atoms with van der Waals surface area (Å²) in [4.78, 5) is 2.89. The maximum Gasteiger partial charge on any atom is 0.395 e. The molecule has 1 aliphatic rings. The molecule has 137 valence electrons. The van der Waals surface area contributed by atoms with Crippen LogP contribution in [0.15, 0.2) is 12.1 Å². The first-order valence-corrected chi connectivity index (χ1v) is 7.81. The van der Waals surface area contributed by atoms with Crippen molar-refractivity contribution >= 4 is 28.9 Å². The van der Waals surface area contributed by atoms with Crippen LogP contribution in [0.3, 0.4) is 0 Å². The Balaban J connectivity index is 0.00000338. The quantitative estimate of drug-likeness (QED) is 0.537. The maximum atomic E-state index is 13.2. The Morgan fingerprint density at radius 3 is 2.50 bits per heavy atom. The first-order chi connectivity index (χ1) is 11.6. The minimum atomic E-state index is -4.74. The van der Waals surface area contributed by atoms with Crippen molar-refractivity contribution in [2.75, 3.05) is 18.1 Å². The third-order valence-corrected chi connectivity index (χ3v) is 4.42. The summed E-state index contributed by atoms with van der Waals surface area (Å²) in [7, 11) is 0. The minimum Gasteiger partial charge on any atom is -0.396 e. The molecule has 1 aromatic carbocycles. The van der Waals surface area contributed by atoms with E-state index in [4.69, 9.17) is 28.0 Å². The van der Waals surface area contributed by atoms with Crippen molar-refractivity contribution in [2.45, 2.75) is 32.0 Å². The number of hydrogen-bond donors (Lipinski definition) is 2. The molecule has 1 aliphatic heterocycles. The van der Waals surface area contributed by atoms with Crippen LogP contribution in [0.4, 0.5) is 18.9 Å². The second-order valence-electron chi connectivity index (χ2n) is 6.00. The van der Waals surface area contributed by atoms with Crippen LogP contribution in [0.2, 0.25) is 0 Å². The average molecular weight is 458 g/mol. The number of alkyl halides is 3. The Morgan fingerprint density at radius 2 is 2.00 bits per heavy atom. The number of aliphatic hydroxyl groups is 1. The van der Waals surface area contributed by atoms with E-state index in [1.165, 1.54) is 17.0 Å². The SMILES string of the molecule is CC1(C)C(=N)N(c2[c-]c(C(F)(F)F)c(C#N)cc2)C(=S)N1CCCO.[Y]. The fourth-order valence-electron chi connectivity index (χ4n) is 2.61. The third-order valence-electron chi connectivity index (χ3n) is 4.02. The first kappa shape index (κ1) is 23.0. The first-order valence-electron chi connectivity index (χ1n) is 7.41. The van der Waals surface area contributed by atoms with Gasteiger partial charge in [-0.15, -0.1) is 12.1 Å². The van der Waals surface area contributed by atoms with E-state index in [0.717, 1.165) is 6.07 Å². The van der Waals surface area contributed by atoms with Crippen molar-refractivity contribution in [3.8, 4) is 6.07 Å². The molecule has 0 spiro atoms. The molecule has 2 rings (SSSR count). The molecule has 26 heavy (non-hydrogen) atoms. The molecule has 0 saturated carbocycles. The summed E-state index contributed by atoms with van der Waals surface area (Å²) in [6, 6.07) is 6.04. The van der Waals surface area contributed by atoms with E-state index < -0.39 is 22.8 Å². The number of nitrogens with zero attached hydrogens (tertiary/aromatic N) is 3. The van der Waals surface area contributed by atoms with Gasteiger partial charge in [0, 0.05) is 51.9 Å². The smallest absolute Gasteiger partial charge is 0.395 e. The van der Waals surface area contributed by atoms with Crippen LogP contribution in [0.25, 0.3) is 0 Å². The molecule has 0 aromatic heterocycles. The molecule has 5 nitrogen and oxygen atoms in total. The van der Waals surface area contributed by atoms with Crippen LogP contribution < -0.4 is 4.90 Å². The van der Waals surface area contributed by atoms with Crippen LogP contribution >= 0.6 is 12.2 Å². The zero-order chi connectivity index (χ0) is 19.0. The monoisotopic (exact) mass is 458 g/mol. The van der Waals surface area contributed by atoms with E-state index in [-0.39, 0.29) is 56.0 Å². The van der Waals surface area contributed by atoms with E-state index in [9.17, 15) is 13.2 Å². The molecular weight excluding hydrogens is 442 g/mol. The summed E-state index contributed by atoms with van der Waals surface area (Å²) < 4.78 is 39.5. The van der Waals surface area contributed by atoms with E-state index in [1.54, 1.807) is 18.7 Å². The molecule has 0 aliphatic carbocycles. The van der Waals surface area contributed by atoms with Gasteiger partial charge in [0.1, 0.15) is 5.84 Å². The molecule has 0 amide bonds. The van der Waals surface area contributed by atoms with Crippen molar-refractivity contribution in [1.29, 1.82) is 10.7 Å². The van der Waals surface area contributed by atoms with Gasteiger partial charge in [-0.05, 0) is 43.6 Å². The fraction of sp³-hybridized carbons (Fsp3) is 0.438. The second kappa shape index (κ2) is 8.30. The molecule has 2 N–H and O–H groups in total. The predicted molar refractivity (Wildman–Crippen MR) is 90.3 cm³/mol. The van der Waals surface area contributed by atoms with Gasteiger partial charge >= 0.3 is 6.18 Å². The number of halogens is 3. The van der Waals surface area contributed by atoms with Crippen molar-refractivity contribution < 1.29 is 51.0 Å². The van der Waals surface area contributed by atoms with E-state index in [0.29, 0.717) is 13.0 Å². The van der Waals surface area contributed by atoms with Gasteiger partial charge in [0.25, 0.3) is 0 Å². The second-order valence-corrected chi connectivity index (χ2v) is 6.36. The summed E-state index contributed by atoms with van der Waals surface area (Å²) in [6.45, 7) is 3.76. The third kappa shape index (κ3) is 4.09. The van der Waals surface area contributed by atoms with Gasteiger partial charge in [0.2, 0.25) is 0 Å². The van der Waals surface area contributed by atoms with Crippen molar-refractivity contribution in [3.05, 3.63) is 29.3 Å². The number of nitriles is 1. The van der Waals surface area contributed by atoms with Gasteiger partial charge in [0.05, 0.1) is 5.54 Å². The van der Waals surface area contributed by atoms with Gasteiger partial charge in [0.15, 0.2) is 5.11 Å². The molecule has 1 fully saturated rings. The minimum absolute atomic E-state index is 0. The molecule has 0 atom stereocenters. The van der Waals surface area contributed by atoms with E-state index in [1.807, 2.05) is 0 Å². The standard InChI is InChI=1S/C16H16F3N4OS.Y/c1-15(2)13(21)23(14(25)22(15)6-3-7-24)11-5-4-10(9-20)12(8-11)16(17,18)19;/h4-5,21,24H,3,6-7H2,1-2H3;/q-1;. The largest absolute Gasteiger partial charge is 0.396 e. The van der Waals surface area contributed by atoms with E-state index >= 15 is 0 Å². The summed E-state index contributed by atoms with van der Waals surface area (Å²) >= 11 is 5.34. The van der Waals surface area contributed by atoms with Gasteiger partial charge in [-0.2, -0.15) is 19.2 Å². The topological polar surface area (TPSA) is 74.4 Å². The van der Waals surface area contributed by atoms with Crippen LogP contribution in [-0.2, 0) is 38.9 Å². The van der Waals surface area contributed by atoms with Crippen LogP contribution in [0.5, 0.6) is 0 Å². The molecule has 1 saturated heterocycles. The average Bonchev–Trinajstić information content (AvgIpc) is 2.70. The van der Waals surface area contributed by atoms with Crippen LogP contribution in [0, 0.1) is 22.8 Å². The number of hydrogen-bond acceptors (Lipinski definition) is 4. The number of benzene rings is 1. The van der Waals surface area contributed by atoms with Crippen molar-refractivity contribution in [2.24, 2.45) is 0 Å². The summed E-state index contributed by atoms with van der Waals surface area (Å²) in [5.74, 6) is 0.00419. The van der Waals surface area contributed by atoms with Gasteiger partial charge in [-0.25, -0.2) is 5.26 Å². The Morgan fingerprint density at radius 1 is 1.38 bits per heavy atom. The van der Waals surface area contributed by atoms with Crippen molar-refractivity contribution in [3.63, 3.8) is 0 Å². The van der Waals surface area contributed by atoms with Crippen molar-refractivity contribution in [1.82, 2.24) is 4.90 Å². The maximum absolute atomic E-state index is 13.2. The molecule has 0 bridgehead atoms.